The molecule has 4 heteroatoms. The molecule has 2 aromatic heterocycles. The van der Waals surface area contributed by atoms with Gasteiger partial charge in [-0.2, -0.15) is 5.10 Å². The van der Waals surface area contributed by atoms with Gasteiger partial charge in [0.25, 0.3) is 0 Å². The van der Waals surface area contributed by atoms with Gasteiger partial charge in [-0.15, -0.1) is 0 Å². The van der Waals surface area contributed by atoms with E-state index in [4.69, 9.17) is 5.73 Å². The molecule has 2 aromatic rings. The predicted octanol–water partition coefficient (Wildman–Crippen LogP) is 1.74. The highest BCUT2D eigenvalue weighted by Gasteiger charge is 2.06. The Morgan fingerprint density at radius 1 is 1.44 bits per heavy atom. The molecule has 0 aromatic carbocycles. The Labute approximate surface area is 108 Å². The molecule has 0 fully saturated rings. The Bertz CT molecular complexity index is 483. The van der Waals surface area contributed by atoms with E-state index in [1.54, 1.807) is 0 Å². The molecule has 1 unspecified atom stereocenters. The molecule has 0 amide bonds. The smallest absolute Gasteiger partial charge is 0.0522 e. The number of hydrogen-bond donors (Lipinski definition) is 1. The maximum Gasteiger partial charge on any atom is 0.0522 e. The topological polar surface area (TPSA) is 48.8 Å². The Balaban J connectivity index is 1.95. The monoisotopic (exact) mass is 246 g/mol. The van der Waals surface area contributed by atoms with Crippen LogP contribution < -0.4 is 5.73 Å². The first-order chi connectivity index (χ1) is 8.69. The Morgan fingerprint density at radius 3 is 2.94 bits per heavy atom. The Morgan fingerprint density at radius 2 is 2.28 bits per heavy atom. The highest BCUT2D eigenvalue weighted by molar-refractivity contribution is 5.10. The summed E-state index contributed by atoms with van der Waals surface area (Å²) in [5.74, 6) is 0. The molecule has 2 N–H and O–H groups in total. The molecule has 4 nitrogen and oxygen atoms in total. The summed E-state index contributed by atoms with van der Waals surface area (Å²) in [5, 5.41) is 4.19. The van der Waals surface area contributed by atoms with Gasteiger partial charge in [-0.25, -0.2) is 0 Å². The number of aromatic nitrogens is 3. The highest BCUT2D eigenvalue weighted by Crippen LogP contribution is 2.09. The van der Waals surface area contributed by atoms with E-state index >= 15 is 0 Å². The summed E-state index contributed by atoms with van der Waals surface area (Å²) in [6.07, 6.45) is 9.12. The third-order valence-corrected chi connectivity index (χ3v) is 3.32. The highest BCUT2D eigenvalue weighted by atomic mass is 15.2. The SMILES string of the molecule is CCC(N)Cc1cccn1CCc1cnn(C)c1. The number of nitrogens with zero attached hydrogens (tertiary/aromatic N) is 3. The molecule has 0 saturated heterocycles. The van der Waals surface area contributed by atoms with Crippen LogP contribution in [0.1, 0.15) is 24.6 Å². The normalized spacial score (nSPS) is 12.8. The van der Waals surface area contributed by atoms with Crippen LogP contribution in [0, 0.1) is 0 Å². The molecule has 0 radical (unpaired) electrons. The lowest BCUT2D eigenvalue weighted by molar-refractivity contribution is 0.591. The van der Waals surface area contributed by atoms with Crippen LogP contribution in [0.15, 0.2) is 30.7 Å². The lowest BCUT2D eigenvalue weighted by atomic mass is 10.1. The van der Waals surface area contributed by atoms with Crippen molar-refractivity contribution in [3.63, 3.8) is 0 Å². The van der Waals surface area contributed by atoms with Gasteiger partial charge in [0.15, 0.2) is 0 Å². The van der Waals surface area contributed by atoms with Crippen LogP contribution >= 0.6 is 0 Å². The molecule has 0 saturated carbocycles. The minimum absolute atomic E-state index is 0.261. The van der Waals surface area contributed by atoms with Crippen LogP contribution in [0.3, 0.4) is 0 Å². The molecule has 0 bridgehead atoms. The standard InChI is InChI=1S/C14H22N4/c1-3-13(15)9-14-5-4-7-18(14)8-6-12-10-16-17(2)11-12/h4-5,7,10-11,13H,3,6,8-9,15H2,1-2H3. The zero-order valence-corrected chi connectivity index (χ0v) is 11.2. The van der Waals surface area contributed by atoms with Crippen LogP contribution in [0.4, 0.5) is 0 Å². The van der Waals surface area contributed by atoms with Gasteiger partial charge in [0.1, 0.15) is 0 Å². The Hall–Kier alpha value is -1.55. The fraction of sp³-hybridized carbons (Fsp3) is 0.500. The summed E-state index contributed by atoms with van der Waals surface area (Å²) in [5.41, 5.74) is 8.62. The first-order valence-corrected chi connectivity index (χ1v) is 6.56. The maximum absolute atomic E-state index is 6.02. The molecule has 0 aliphatic heterocycles. The summed E-state index contributed by atoms with van der Waals surface area (Å²) in [4.78, 5) is 0. The van der Waals surface area contributed by atoms with Gasteiger partial charge < -0.3 is 10.3 Å². The molecular formula is C14H22N4. The molecule has 0 aliphatic rings. The zero-order chi connectivity index (χ0) is 13.0. The molecule has 18 heavy (non-hydrogen) atoms. The first kappa shape index (κ1) is 12.9. The fourth-order valence-corrected chi connectivity index (χ4v) is 2.12. The summed E-state index contributed by atoms with van der Waals surface area (Å²) in [6.45, 7) is 3.12. The van der Waals surface area contributed by atoms with Gasteiger partial charge >= 0.3 is 0 Å². The van der Waals surface area contributed by atoms with Gasteiger partial charge in [0.2, 0.25) is 0 Å². The largest absolute Gasteiger partial charge is 0.351 e. The molecule has 2 rings (SSSR count). The molecule has 0 aliphatic carbocycles. The van der Waals surface area contributed by atoms with Crippen molar-refractivity contribution >= 4 is 0 Å². The molecule has 0 spiro atoms. The Kier molecular flexibility index (Phi) is 4.20. The minimum atomic E-state index is 0.261. The predicted molar refractivity (Wildman–Crippen MR) is 73.3 cm³/mol. The van der Waals surface area contributed by atoms with Crippen molar-refractivity contribution in [2.45, 2.75) is 38.8 Å². The van der Waals surface area contributed by atoms with E-state index in [0.717, 1.165) is 25.8 Å². The van der Waals surface area contributed by atoms with E-state index in [2.05, 4.69) is 41.1 Å². The first-order valence-electron chi connectivity index (χ1n) is 6.56. The van der Waals surface area contributed by atoms with Crippen molar-refractivity contribution in [2.24, 2.45) is 12.8 Å². The average Bonchev–Trinajstić information content (AvgIpc) is 2.96. The summed E-state index contributed by atoms with van der Waals surface area (Å²) < 4.78 is 4.14. The van der Waals surface area contributed by atoms with E-state index in [-0.39, 0.29) is 6.04 Å². The summed E-state index contributed by atoms with van der Waals surface area (Å²) in [7, 11) is 1.95. The van der Waals surface area contributed by atoms with Gasteiger partial charge in [0.05, 0.1) is 6.20 Å². The van der Waals surface area contributed by atoms with E-state index in [9.17, 15) is 0 Å². The van der Waals surface area contributed by atoms with Crippen LogP contribution in [0.2, 0.25) is 0 Å². The summed E-state index contributed by atoms with van der Waals surface area (Å²) >= 11 is 0. The zero-order valence-electron chi connectivity index (χ0n) is 11.2. The quantitative estimate of drug-likeness (QED) is 0.844. The van der Waals surface area contributed by atoms with Crippen molar-refractivity contribution in [2.75, 3.05) is 0 Å². The number of rotatable bonds is 6. The minimum Gasteiger partial charge on any atom is -0.351 e. The lowest BCUT2D eigenvalue weighted by Crippen LogP contribution is -2.23. The van der Waals surface area contributed by atoms with Gasteiger partial charge in [-0.05, 0) is 30.5 Å². The van der Waals surface area contributed by atoms with E-state index in [0.29, 0.717) is 0 Å². The van der Waals surface area contributed by atoms with Crippen LogP contribution in [0.25, 0.3) is 0 Å². The van der Waals surface area contributed by atoms with E-state index in [1.165, 1.54) is 11.3 Å². The lowest BCUT2D eigenvalue weighted by Gasteiger charge is -2.12. The van der Waals surface area contributed by atoms with Crippen molar-refractivity contribution in [3.8, 4) is 0 Å². The van der Waals surface area contributed by atoms with E-state index < -0.39 is 0 Å². The average molecular weight is 246 g/mol. The van der Waals surface area contributed by atoms with Gasteiger partial charge in [-0.3, -0.25) is 4.68 Å². The van der Waals surface area contributed by atoms with Crippen LogP contribution in [-0.2, 0) is 26.4 Å². The second kappa shape index (κ2) is 5.87. The molecular weight excluding hydrogens is 224 g/mol. The molecule has 98 valence electrons. The van der Waals surface area contributed by atoms with Crippen molar-refractivity contribution in [1.82, 2.24) is 14.3 Å². The van der Waals surface area contributed by atoms with Crippen LogP contribution in [0.5, 0.6) is 0 Å². The molecule has 1 atom stereocenters. The third-order valence-electron chi connectivity index (χ3n) is 3.32. The third kappa shape index (κ3) is 3.23. The fourth-order valence-electron chi connectivity index (χ4n) is 2.12. The van der Waals surface area contributed by atoms with Crippen molar-refractivity contribution in [3.05, 3.63) is 42.0 Å². The maximum atomic E-state index is 6.02. The second-order valence-corrected chi connectivity index (χ2v) is 4.84. The number of nitrogens with two attached hydrogens (primary N) is 1. The van der Waals surface area contributed by atoms with Crippen molar-refractivity contribution < 1.29 is 0 Å². The van der Waals surface area contributed by atoms with Crippen molar-refractivity contribution in [1.29, 1.82) is 0 Å². The molecule has 2 heterocycles. The van der Waals surface area contributed by atoms with E-state index in [1.807, 2.05) is 17.9 Å². The van der Waals surface area contributed by atoms with Gasteiger partial charge in [-0.1, -0.05) is 6.92 Å². The number of hydrogen-bond acceptors (Lipinski definition) is 2. The summed E-state index contributed by atoms with van der Waals surface area (Å²) in [6, 6.07) is 4.52. The number of aryl methyl sites for hydroxylation is 3. The van der Waals surface area contributed by atoms with Gasteiger partial charge in [0, 0.05) is 44.1 Å². The van der Waals surface area contributed by atoms with Crippen LogP contribution in [-0.4, -0.2) is 20.4 Å². The second-order valence-electron chi connectivity index (χ2n) is 4.84.